The van der Waals surface area contributed by atoms with Gasteiger partial charge in [0.2, 0.25) is 0 Å². The van der Waals surface area contributed by atoms with Crippen LogP contribution in [0.4, 0.5) is 10.1 Å². The molecule has 0 amide bonds. The molecule has 3 nitrogen and oxygen atoms in total. The first-order valence-electron chi connectivity index (χ1n) is 5.45. The standard InChI is InChI=1S/C13H14FN3/c1-9-3-4-11(7-12(9)14)17-10(2)13-8-15-5-6-16-13/h3-8,10,17H,1-2H3. The summed E-state index contributed by atoms with van der Waals surface area (Å²) in [6, 6.07) is 5.08. The van der Waals surface area contributed by atoms with E-state index in [0.29, 0.717) is 5.56 Å². The van der Waals surface area contributed by atoms with E-state index in [0.717, 1.165) is 11.4 Å². The van der Waals surface area contributed by atoms with Gasteiger partial charge < -0.3 is 5.32 Å². The average Bonchev–Trinajstić information content (AvgIpc) is 2.35. The average molecular weight is 231 g/mol. The summed E-state index contributed by atoms with van der Waals surface area (Å²) in [4.78, 5) is 8.20. The maximum Gasteiger partial charge on any atom is 0.128 e. The largest absolute Gasteiger partial charge is 0.377 e. The Morgan fingerprint density at radius 3 is 2.76 bits per heavy atom. The molecule has 0 saturated heterocycles. The van der Waals surface area contributed by atoms with Crippen LogP contribution in [0.5, 0.6) is 0 Å². The van der Waals surface area contributed by atoms with Crippen molar-refractivity contribution >= 4 is 5.69 Å². The maximum atomic E-state index is 13.4. The molecule has 0 aliphatic carbocycles. The lowest BCUT2D eigenvalue weighted by atomic mass is 10.2. The molecule has 2 rings (SSSR count). The van der Waals surface area contributed by atoms with Gasteiger partial charge in [0.05, 0.1) is 17.9 Å². The smallest absolute Gasteiger partial charge is 0.128 e. The first-order chi connectivity index (χ1) is 8.16. The summed E-state index contributed by atoms with van der Waals surface area (Å²) < 4.78 is 13.4. The SMILES string of the molecule is Cc1ccc(NC(C)c2cnccn2)cc1F. The van der Waals surface area contributed by atoms with Crippen molar-refractivity contribution in [2.45, 2.75) is 19.9 Å². The number of hydrogen-bond donors (Lipinski definition) is 1. The van der Waals surface area contributed by atoms with Crippen LogP contribution in [0, 0.1) is 12.7 Å². The number of rotatable bonds is 3. The van der Waals surface area contributed by atoms with Crippen molar-refractivity contribution in [2.75, 3.05) is 5.32 Å². The van der Waals surface area contributed by atoms with Crippen LogP contribution in [-0.4, -0.2) is 9.97 Å². The molecule has 0 bridgehead atoms. The van der Waals surface area contributed by atoms with Crippen LogP contribution >= 0.6 is 0 Å². The van der Waals surface area contributed by atoms with E-state index in [9.17, 15) is 4.39 Å². The lowest BCUT2D eigenvalue weighted by molar-refractivity contribution is 0.618. The highest BCUT2D eigenvalue weighted by atomic mass is 19.1. The molecule has 0 aliphatic rings. The van der Waals surface area contributed by atoms with E-state index >= 15 is 0 Å². The van der Waals surface area contributed by atoms with Gasteiger partial charge >= 0.3 is 0 Å². The second kappa shape index (κ2) is 4.91. The highest BCUT2D eigenvalue weighted by Gasteiger charge is 2.07. The number of anilines is 1. The van der Waals surface area contributed by atoms with Crippen LogP contribution in [0.1, 0.15) is 24.2 Å². The summed E-state index contributed by atoms with van der Waals surface area (Å²) in [6.07, 6.45) is 4.97. The fourth-order valence-electron chi connectivity index (χ4n) is 1.54. The number of aromatic nitrogens is 2. The molecule has 17 heavy (non-hydrogen) atoms. The predicted molar refractivity (Wildman–Crippen MR) is 65.2 cm³/mol. The second-order valence-electron chi connectivity index (χ2n) is 3.96. The van der Waals surface area contributed by atoms with Crippen molar-refractivity contribution in [1.29, 1.82) is 0 Å². The highest BCUT2D eigenvalue weighted by Crippen LogP contribution is 2.19. The molecule has 1 atom stereocenters. The van der Waals surface area contributed by atoms with E-state index in [1.165, 1.54) is 6.07 Å². The molecule has 4 heteroatoms. The predicted octanol–water partition coefficient (Wildman–Crippen LogP) is 3.10. The fourth-order valence-corrected chi connectivity index (χ4v) is 1.54. The Kier molecular flexibility index (Phi) is 3.32. The van der Waals surface area contributed by atoms with Crippen molar-refractivity contribution in [1.82, 2.24) is 9.97 Å². The second-order valence-corrected chi connectivity index (χ2v) is 3.96. The molecule has 1 N–H and O–H groups in total. The van der Waals surface area contributed by atoms with Gasteiger partial charge in [0.15, 0.2) is 0 Å². The quantitative estimate of drug-likeness (QED) is 0.882. The first kappa shape index (κ1) is 11.5. The molecule has 0 spiro atoms. The minimum absolute atomic E-state index is 0.00851. The third-order valence-corrected chi connectivity index (χ3v) is 2.58. The molecule has 1 aromatic heterocycles. The van der Waals surface area contributed by atoms with Crippen molar-refractivity contribution in [3.05, 3.63) is 53.9 Å². The number of benzene rings is 1. The van der Waals surface area contributed by atoms with Gasteiger partial charge in [-0.1, -0.05) is 6.07 Å². The van der Waals surface area contributed by atoms with Gasteiger partial charge in [-0.05, 0) is 31.5 Å². The number of hydrogen-bond acceptors (Lipinski definition) is 3. The van der Waals surface area contributed by atoms with E-state index in [2.05, 4.69) is 15.3 Å². The Morgan fingerprint density at radius 2 is 2.12 bits per heavy atom. The van der Waals surface area contributed by atoms with Gasteiger partial charge in [-0.3, -0.25) is 9.97 Å². The zero-order valence-corrected chi connectivity index (χ0v) is 9.81. The Bertz CT molecular complexity index is 499. The summed E-state index contributed by atoms with van der Waals surface area (Å²) in [5.74, 6) is -0.207. The van der Waals surface area contributed by atoms with Crippen molar-refractivity contribution < 1.29 is 4.39 Å². The summed E-state index contributed by atoms with van der Waals surface area (Å²) in [7, 11) is 0. The number of aryl methyl sites for hydroxylation is 1. The topological polar surface area (TPSA) is 37.8 Å². The zero-order valence-electron chi connectivity index (χ0n) is 9.81. The number of nitrogens with zero attached hydrogens (tertiary/aromatic N) is 2. The van der Waals surface area contributed by atoms with Crippen LogP contribution < -0.4 is 5.32 Å². The molecule has 2 aromatic rings. The van der Waals surface area contributed by atoms with Gasteiger partial charge in [-0.15, -0.1) is 0 Å². The van der Waals surface area contributed by atoms with Crippen LogP contribution in [-0.2, 0) is 0 Å². The lowest BCUT2D eigenvalue weighted by Crippen LogP contribution is -2.08. The zero-order chi connectivity index (χ0) is 12.3. The molecule has 0 aliphatic heterocycles. The van der Waals surface area contributed by atoms with Crippen molar-refractivity contribution in [3.63, 3.8) is 0 Å². The Balaban J connectivity index is 2.13. The van der Waals surface area contributed by atoms with Gasteiger partial charge in [0, 0.05) is 18.1 Å². The Hall–Kier alpha value is -1.97. The van der Waals surface area contributed by atoms with Crippen LogP contribution in [0.25, 0.3) is 0 Å². The maximum absolute atomic E-state index is 13.4. The Morgan fingerprint density at radius 1 is 1.29 bits per heavy atom. The fraction of sp³-hybridized carbons (Fsp3) is 0.231. The molecular weight excluding hydrogens is 217 g/mol. The summed E-state index contributed by atoms with van der Waals surface area (Å²) in [6.45, 7) is 3.70. The molecule has 1 unspecified atom stereocenters. The summed E-state index contributed by atoms with van der Waals surface area (Å²) in [5, 5.41) is 3.18. The lowest BCUT2D eigenvalue weighted by Gasteiger charge is -2.14. The third kappa shape index (κ3) is 2.78. The minimum Gasteiger partial charge on any atom is -0.377 e. The molecule has 1 aromatic carbocycles. The molecule has 88 valence electrons. The van der Waals surface area contributed by atoms with E-state index in [4.69, 9.17) is 0 Å². The van der Waals surface area contributed by atoms with Crippen molar-refractivity contribution in [3.8, 4) is 0 Å². The van der Waals surface area contributed by atoms with Gasteiger partial charge in [-0.25, -0.2) is 4.39 Å². The monoisotopic (exact) mass is 231 g/mol. The van der Waals surface area contributed by atoms with E-state index in [-0.39, 0.29) is 11.9 Å². The number of halogens is 1. The summed E-state index contributed by atoms with van der Waals surface area (Å²) >= 11 is 0. The van der Waals surface area contributed by atoms with Crippen LogP contribution in [0.3, 0.4) is 0 Å². The van der Waals surface area contributed by atoms with Crippen molar-refractivity contribution in [2.24, 2.45) is 0 Å². The first-order valence-corrected chi connectivity index (χ1v) is 5.45. The third-order valence-electron chi connectivity index (χ3n) is 2.58. The minimum atomic E-state index is -0.207. The van der Waals surface area contributed by atoms with E-state index in [1.54, 1.807) is 31.6 Å². The van der Waals surface area contributed by atoms with Gasteiger partial charge in [0.25, 0.3) is 0 Å². The van der Waals surface area contributed by atoms with E-state index < -0.39 is 0 Å². The molecule has 0 fully saturated rings. The molecule has 1 heterocycles. The molecular formula is C13H14FN3. The van der Waals surface area contributed by atoms with Gasteiger partial charge in [-0.2, -0.15) is 0 Å². The van der Waals surface area contributed by atoms with E-state index in [1.807, 2.05) is 13.0 Å². The molecule has 0 saturated carbocycles. The van der Waals surface area contributed by atoms with Gasteiger partial charge in [0.1, 0.15) is 5.82 Å². The Labute approximate surface area is 99.7 Å². The van der Waals surface area contributed by atoms with Crippen LogP contribution in [0.2, 0.25) is 0 Å². The number of nitrogens with one attached hydrogen (secondary N) is 1. The molecule has 0 radical (unpaired) electrons. The summed E-state index contributed by atoms with van der Waals surface area (Å²) in [5.41, 5.74) is 2.21. The normalized spacial score (nSPS) is 12.2. The van der Waals surface area contributed by atoms with Crippen LogP contribution in [0.15, 0.2) is 36.8 Å². The highest BCUT2D eigenvalue weighted by molar-refractivity contribution is 5.46.